The van der Waals surface area contributed by atoms with Crippen LogP contribution in [0.15, 0.2) is 0 Å². The lowest BCUT2D eigenvalue weighted by Crippen LogP contribution is -2.59. The number of nitrogens with one attached hydrogen (secondary N) is 2. The Morgan fingerprint density at radius 3 is 0.988 bits per heavy atom. The number of unbranched alkanes of at least 4 members (excludes halogenated alkanes) is 4. The fraction of sp³-hybridized carbons (Fsp3) is 0.918. The Bertz CT molecular complexity index is 1770. The van der Waals surface area contributed by atoms with E-state index in [4.69, 9.17) is 43.6 Å². The fourth-order valence-electron chi connectivity index (χ4n) is 9.21. The number of hydrogen-bond acceptors (Lipinski definition) is 29. The molecule has 82 heavy (non-hydrogen) atoms. The highest BCUT2D eigenvalue weighted by atomic mass is 16.7. The Balaban J connectivity index is 1.13. The highest BCUT2D eigenvalue weighted by Gasteiger charge is 2.47. The number of hydrogen-bond donors (Lipinski definition) is 19. The first-order chi connectivity index (χ1) is 39.1. The molecule has 0 radical (unpaired) electrons. The molecule has 33 nitrogen and oxygen atoms in total. The van der Waals surface area contributed by atoms with Gasteiger partial charge in [-0.25, -0.2) is 0 Å². The number of rotatable bonds is 36. The summed E-state index contributed by atoms with van der Waals surface area (Å²) in [6, 6.07) is -1.00. The van der Waals surface area contributed by atoms with E-state index >= 15 is 0 Å². The standard InChI is InChI=1S/C49H89N5O28/c50-25(45(74)52-12-6-2-4-8-32(61)54(15-19-77-48-43(72)39(68)35(64)28(23-57)81-48)16-20-78-49-44(73)40(69)36(65)29(24-58)82-49)9-10-30(59)51-11-5-1-3-7-31(60)53(13-17-75-46-41(70)37(66)33(62)26(21-55)79-46)14-18-76-47-42(71)38(67)34(63)27(22-56)80-47/h25-29,33-44,46-49,55-58,62-73H,1-24,50H2,(H,51,59)(H,52,74)/t25-,26+,27?,28+,29+,33+,34?,35+,36+,37-,38?,39-,40-,41-,42?,43-,44-,46-,47?,48-,49-/m0/s1. The second-order valence-electron chi connectivity index (χ2n) is 20.4. The lowest BCUT2D eigenvalue weighted by atomic mass is 9.99. The Morgan fingerprint density at radius 2 is 0.695 bits per heavy atom. The van der Waals surface area contributed by atoms with E-state index < -0.39 is 161 Å². The largest absolute Gasteiger partial charge is 0.394 e. The highest BCUT2D eigenvalue weighted by Crippen LogP contribution is 2.26. The van der Waals surface area contributed by atoms with Crippen LogP contribution in [-0.4, -0.2) is 336 Å². The maximum atomic E-state index is 13.4. The van der Waals surface area contributed by atoms with Gasteiger partial charge in [0.2, 0.25) is 23.6 Å². The van der Waals surface area contributed by atoms with Crippen molar-refractivity contribution in [1.82, 2.24) is 20.4 Å². The maximum Gasteiger partial charge on any atom is 0.236 e. The number of ether oxygens (including phenoxy) is 8. The summed E-state index contributed by atoms with van der Waals surface area (Å²) in [6.45, 7) is -3.69. The molecule has 4 rings (SSSR count). The van der Waals surface area contributed by atoms with Crippen molar-refractivity contribution in [3.63, 3.8) is 0 Å². The topological polar surface area (TPSA) is 522 Å². The quantitative estimate of drug-likeness (QED) is 0.0259. The van der Waals surface area contributed by atoms with Gasteiger partial charge >= 0.3 is 0 Å². The number of amides is 4. The van der Waals surface area contributed by atoms with Crippen LogP contribution in [0.25, 0.3) is 0 Å². The molecule has 4 aliphatic rings. The fourth-order valence-corrected chi connectivity index (χ4v) is 9.21. The molecule has 0 spiro atoms. The number of carbonyl (C=O) groups excluding carboxylic acids is 4. The normalized spacial score (nSPS) is 34.5. The number of carbonyl (C=O) groups is 4. The Labute approximate surface area is 472 Å². The van der Waals surface area contributed by atoms with Crippen molar-refractivity contribution in [3.05, 3.63) is 0 Å². The van der Waals surface area contributed by atoms with Crippen molar-refractivity contribution < 1.29 is 139 Å². The van der Waals surface area contributed by atoms with Crippen LogP contribution in [-0.2, 0) is 57.1 Å². The third kappa shape index (κ3) is 21.4. The molecule has 20 N–H and O–H groups in total. The zero-order valence-electron chi connectivity index (χ0n) is 45.6. The summed E-state index contributed by atoms with van der Waals surface area (Å²) >= 11 is 0. The van der Waals surface area contributed by atoms with Gasteiger partial charge in [-0.05, 0) is 32.1 Å². The molecule has 33 heteroatoms. The van der Waals surface area contributed by atoms with Crippen molar-refractivity contribution in [2.24, 2.45) is 5.73 Å². The summed E-state index contributed by atoms with van der Waals surface area (Å²) in [5.74, 6) is -1.61. The van der Waals surface area contributed by atoms with Crippen LogP contribution in [0, 0.1) is 0 Å². The van der Waals surface area contributed by atoms with Crippen LogP contribution in [0.2, 0.25) is 0 Å². The Hall–Kier alpha value is -3.12. The smallest absolute Gasteiger partial charge is 0.236 e. The average molecular weight is 1200 g/mol. The zero-order valence-corrected chi connectivity index (χ0v) is 45.6. The molecule has 4 heterocycles. The Kier molecular flexibility index (Phi) is 32.0. The molecule has 0 aromatic rings. The van der Waals surface area contributed by atoms with Gasteiger partial charge in [0, 0.05) is 58.5 Å². The van der Waals surface area contributed by atoms with Crippen molar-refractivity contribution >= 4 is 23.6 Å². The molecule has 5 unspecified atom stereocenters. The molecule has 0 saturated carbocycles. The van der Waals surface area contributed by atoms with Crippen molar-refractivity contribution in [3.8, 4) is 0 Å². The molecule has 0 aliphatic carbocycles. The molecule has 478 valence electrons. The van der Waals surface area contributed by atoms with Crippen LogP contribution in [0.3, 0.4) is 0 Å². The summed E-state index contributed by atoms with van der Waals surface area (Å²) in [5, 5.41) is 166. The maximum absolute atomic E-state index is 13.4. The van der Waals surface area contributed by atoms with E-state index in [1.54, 1.807) is 0 Å². The number of aliphatic hydroxyl groups is 16. The SMILES string of the molecule is N[C@@H](CCC(=O)NCCCCCC(=O)N(CCOC1OC(CO)C(O)C(O)C1O)CCO[C@H]1O[C@H](CO)[C@@H](O)[C@H](O)[C@@H]1O)C(=O)NCCCCCC(=O)N(CCO[C@H]1O[C@H](CO)[C@@H](O)[C@H](O)[C@@H]1O)CCO[C@H]1O[C@H](CO)[C@@H](O)[C@H](O)[C@@H]1O. The van der Waals surface area contributed by atoms with E-state index in [1.807, 2.05) is 0 Å². The van der Waals surface area contributed by atoms with Gasteiger partial charge in [0.25, 0.3) is 0 Å². The molecule has 0 bridgehead atoms. The molecule has 4 saturated heterocycles. The van der Waals surface area contributed by atoms with Crippen LogP contribution < -0.4 is 16.4 Å². The van der Waals surface area contributed by atoms with E-state index in [0.717, 1.165) is 0 Å². The third-order valence-electron chi connectivity index (χ3n) is 14.4. The minimum Gasteiger partial charge on any atom is -0.394 e. The number of aliphatic hydroxyl groups excluding tert-OH is 16. The molecule has 0 aromatic heterocycles. The van der Waals surface area contributed by atoms with Crippen LogP contribution in [0.5, 0.6) is 0 Å². The van der Waals surface area contributed by atoms with E-state index in [9.17, 15) is 101 Å². The van der Waals surface area contributed by atoms with Gasteiger partial charge in [-0.15, -0.1) is 0 Å². The van der Waals surface area contributed by atoms with Gasteiger partial charge < -0.3 is 146 Å². The van der Waals surface area contributed by atoms with Gasteiger partial charge in [0.1, 0.15) is 97.7 Å². The molecule has 0 aromatic carbocycles. The van der Waals surface area contributed by atoms with Crippen molar-refractivity contribution in [2.45, 2.75) is 193 Å². The summed E-state index contributed by atoms with van der Waals surface area (Å²) < 4.78 is 43.7. The van der Waals surface area contributed by atoms with Crippen LogP contribution >= 0.6 is 0 Å². The third-order valence-corrected chi connectivity index (χ3v) is 14.4. The van der Waals surface area contributed by atoms with E-state index in [2.05, 4.69) is 10.6 Å². The van der Waals surface area contributed by atoms with E-state index in [0.29, 0.717) is 38.5 Å². The van der Waals surface area contributed by atoms with Gasteiger partial charge in [0.05, 0.1) is 58.9 Å². The van der Waals surface area contributed by atoms with Crippen molar-refractivity contribution in [2.75, 3.05) is 92.1 Å². The lowest BCUT2D eigenvalue weighted by Gasteiger charge is -2.40. The van der Waals surface area contributed by atoms with Gasteiger partial charge in [-0.1, -0.05) is 12.8 Å². The molecule has 21 atom stereocenters. The van der Waals surface area contributed by atoms with Crippen LogP contribution in [0.1, 0.15) is 64.2 Å². The molecule has 4 fully saturated rings. The first-order valence-corrected chi connectivity index (χ1v) is 27.6. The van der Waals surface area contributed by atoms with E-state index in [1.165, 1.54) is 9.80 Å². The van der Waals surface area contributed by atoms with Gasteiger partial charge in [0.15, 0.2) is 25.2 Å². The first kappa shape index (κ1) is 71.4. The molecular weight excluding hydrogens is 1110 g/mol. The zero-order chi connectivity index (χ0) is 60.6. The average Bonchev–Trinajstić information content (AvgIpc) is 3.48. The van der Waals surface area contributed by atoms with Gasteiger partial charge in [-0.3, -0.25) is 19.2 Å². The van der Waals surface area contributed by atoms with Crippen LogP contribution in [0.4, 0.5) is 0 Å². The summed E-state index contributed by atoms with van der Waals surface area (Å²) in [6.07, 6.45) is -28.0. The monoisotopic (exact) mass is 1200 g/mol. The predicted octanol–water partition coefficient (Wildman–Crippen LogP) is -10.6. The molecule has 4 aliphatic heterocycles. The minimum atomic E-state index is -1.69. The highest BCUT2D eigenvalue weighted by molar-refractivity contribution is 5.83. The second-order valence-corrected chi connectivity index (χ2v) is 20.4. The minimum absolute atomic E-state index is 0.0179. The predicted molar refractivity (Wildman–Crippen MR) is 272 cm³/mol. The second kappa shape index (κ2) is 36.8. The first-order valence-electron chi connectivity index (χ1n) is 27.6. The summed E-state index contributed by atoms with van der Waals surface area (Å²) in [4.78, 5) is 54.7. The summed E-state index contributed by atoms with van der Waals surface area (Å²) in [5.41, 5.74) is 6.04. The number of nitrogens with two attached hydrogens (primary N) is 1. The van der Waals surface area contributed by atoms with Crippen molar-refractivity contribution in [1.29, 1.82) is 0 Å². The summed E-state index contributed by atoms with van der Waals surface area (Å²) in [7, 11) is 0. The molecule has 4 amide bonds. The number of nitrogens with zero attached hydrogens (tertiary/aromatic N) is 2. The van der Waals surface area contributed by atoms with E-state index in [-0.39, 0.29) is 109 Å². The molecular formula is C49H89N5O28. The lowest BCUT2D eigenvalue weighted by molar-refractivity contribution is -0.303. The van der Waals surface area contributed by atoms with Gasteiger partial charge in [-0.2, -0.15) is 0 Å². The Morgan fingerprint density at radius 1 is 0.402 bits per heavy atom.